The van der Waals surface area contributed by atoms with Gasteiger partial charge in [-0.3, -0.25) is 4.90 Å². The number of nitrogens with one attached hydrogen (secondary N) is 1. The van der Waals surface area contributed by atoms with Crippen LogP contribution in [0.2, 0.25) is 0 Å². The van der Waals surface area contributed by atoms with Gasteiger partial charge in [0.2, 0.25) is 0 Å². The molecule has 1 aromatic carbocycles. The first kappa shape index (κ1) is 14.2. The van der Waals surface area contributed by atoms with E-state index in [0.717, 1.165) is 43.7 Å². The summed E-state index contributed by atoms with van der Waals surface area (Å²) in [5.74, 6) is 0.816. The summed E-state index contributed by atoms with van der Waals surface area (Å²) in [5, 5.41) is 3.40. The van der Waals surface area contributed by atoms with Crippen molar-refractivity contribution < 1.29 is 14.3 Å². The molecule has 21 heavy (non-hydrogen) atoms. The highest BCUT2D eigenvalue weighted by Crippen LogP contribution is 2.34. The summed E-state index contributed by atoms with van der Waals surface area (Å²) in [5.41, 5.74) is 0.925. The lowest BCUT2D eigenvalue weighted by Gasteiger charge is -2.34. The van der Waals surface area contributed by atoms with Crippen molar-refractivity contribution in [2.75, 3.05) is 26.8 Å². The Morgan fingerprint density at radius 2 is 2.29 bits per heavy atom. The van der Waals surface area contributed by atoms with Gasteiger partial charge in [0.1, 0.15) is 12.4 Å². The molecule has 3 rings (SSSR count). The van der Waals surface area contributed by atoms with Crippen LogP contribution in [0.1, 0.15) is 24.8 Å². The molecule has 2 heterocycles. The molecule has 2 fully saturated rings. The lowest BCUT2D eigenvalue weighted by Crippen LogP contribution is -2.47. The summed E-state index contributed by atoms with van der Waals surface area (Å²) in [7, 11) is 1.65. The predicted molar refractivity (Wildman–Crippen MR) is 79.3 cm³/mol. The average Bonchev–Trinajstić information content (AvgIpc) is 2.70. The standard InChI is InChI=1S/C16H22N2O3/c1-20-14-5-2-4-13(10-14)11-18-15(19)21-12-16(18)6-3-8-17-9-7-16/h2,4-5,10,17H,3,6-9,11-12H2,1H3. The van der Waals surface area contributed by atoms with E-state index in [2.05, 4.69) is 5.32 Å². The minimum Gasteiger partial charge on any atom is -0.497 e. The zero-order valence-electron chi connectivity index (χ0n) is 12.4. The number of ether oxygens (including phenoxy) is 2. The first-order valence-corrected chi connectivity index (χ1v) is 7.52. The molecule has 1 atom stereocenters. The van der Waals surface area contributed by atoms with E-state index in [-0.39, 0.29) is 11.6 Å². The van der Waals surface area contributed by atoms with Crippen LogP contribution in [0.5, 0.6) is 5.75 Å². The Balaban J connectivity index is 1.81. The number of benzene rings is 1. The van der Waals surface area contributed by atoms with E-state index in [1.165, 1.54) is 0 Å². The maximum Gasteiger partial charge on any atom is 0.410 e. The number of nitrogens with zero attached hydrogens (tertiary/aromatic N) is 1. The quantitative estimate of drug-likeness (QED) is 0.927. The Kier molecular flexibility index (Phi) is 4.01. The number of hydrogen-bond donors (Lipinski definition) is 1. The van der Waals surface area contributed by atoms with E-state index in [4.69, 9.17) is 9.47 Å². The zero-order chi connectivity index (χ0) is 14.7. The van der Waals surface area contributed by atoms with Crippen molar-refractivity contribution in [3.63, 3.8) is 0 Å². The molecule has 114 valence electrons. The van der Waals surface area contributed by atoms with Crippen molar-refractivity contribution in [3.05, 3.63) is 29.8 Å². The highest BCUT2D eigenvalue weighted by Gasteiger charge is 2.46. The van der Waals surface area contributed by atoms with Gasteiger partial charge in [-0.1, -0.05) is 12.1 Å². The molecule has 5 heteroatoms. The van der Waals surface area contributed by atoms with Gasteiger partial charge in [-0.25, -0.2) is 4.79 Å². The highest BCUT2D eigenvalue weighted by molar-refractivity contribution is 5.71. The molecule has 2 aliphatic rings. The smallest absolute Gasteiger partial charge is 0.410 e. The third kappa shape index (κ3) is 2.83. The van der Waals surface area contributed by atoms with Crippen molar-refractivity contribution in [2.24, 2.45) is 0 Å². The second-order valence-corrected chi connectivity index (χ2v) is 5.82. The number of cyclic esters (lactones) is 1. The van der Waals surface area contributed by atoms with Gasteiger partial charge in [0.05, 0.1) is 12.6 Å². The van der Waals surface area contributed by atoms with Gasteiger partial charge < -0.3 is 14.8 Å². The predicted octanol–water partition coefficient (Wildman–Crippen LogP) is 2.16. The van der Waals surface area contributed by atoms with E-state index in [1.807, 2.05) is 29.2 Å². The summed E-state index contributed by atoms with van der Waals surface area (Å²) < 4.78 is 10.6. The Morgan fingerprint density at radius 3 is 3.14 bits per heavy atom. The van der Waals surface area contributed by atoms with Gasteiger partial charge in [-0.15, -0.1) is 0 Å². The summed E-state index contributed by atoms with van der Waals surface area (Å²) in [6.07, 6.45) is 2.82. The lowest BCUT2D eigenvalue weighted by atomic mass is 9.90. The normalized spacial score (nSPS) is 25.8. The van der Waals surface area contributed by atoms with Crippen LogP contribution in [-0.2, 0) is 11.3 Å². The van der Waals surface area contributed by atoms with Crippen LogP contribution in [-0.4, -0.2) is 43.3 Å². The maximum absolute atomic E-state index is 12.2. The summed E-state index contributed by atoms with van der Waals surface area (Å²) in [6, 6.07) is 7.87. The maximum atomic E-state index is 12.2. The fourth-order valence-corrected chi connectivity index (χ4v) is 3.26. The van der Waals surface area contributed by atoms with Crippen LogP contribution < -0.4 is 10.1 Å². The van der Waals surface area contributed by atoms with Crippen molar-refractivity contribution in [1.82, 2.24) is 10.2 Å². The Morgan fingerprint density at radius 1 is 1.38 bits per heavy atom. The van der Waals surface area contributed by atoms with Gasteiger partial charge in [-0.2, -0.15) is 0 Å². The summed E-state index contributed by atoms with van der Waals surface area (Å²) in [6.45, 7) is 3.04. The van der Waals surface area contributed by atoms with Crippen molar-refractivity contribution >= 4 is 6.09 Å². The second-order valence-electron chi connectivity index (χ2n) is 5.82. The number of carbonyl (C=O) groups is 1. The lowest BCUT2D eigenvalue weighted by molar-refractivity contribution is 0.137. The largest absolute Gasteiger partial charge is 0.497 e. The molecule has 0 aliphatic carbocycles. The monoisotopic (exact) mass is 290 g/mol. The first-order chi connectivity index (χ1) is 10.2. The molecule has 0 aromatic heterocycles. The number of methoxy groups -OCH3 is 1. The minimum atomic E-state index is -0.195. The molecule has 1 unspecified atom stereocenters. The Bertz CT molecular complexity index is 510. The molecule has 1 amide bonds. The van der Waals surface area contributed by atoms with Crippen LogP contribution in [0.3, 0.4) is 0 Å². The second kappa shape index (κ2) is 5.93. The van der Waals surface area contributed by atoms with Crippen LogP contribution in [0, 0.1) is 0 Å². The summed E-state index contributed by atoms with van der Waals surface area (Å²) >= 11 is 0. The van der Waals surface area contributed by atoms with Crippen LogP contribution in [0.25, 0.3) is 0 Å². The van der Waals surface area contributed by atoms with E-state index < -0.39 is 0 Å². The van der Waals surface area contributed by atoms with Gasteiger partial charge in [0, 0.05) is 6.54 Å². The molecule has 1 N–H and O–H groups in total. The Labute approximate surface area is 125 Å². The van der Waals surface area contributed by atoms with E-state index in [0.29, 0.717) is 13.2 Å². The fourth-order valence-electron chi connectivity index (χ4n) is 3.26. The van der Waals surface area contributed by atoms with Crippen molar-refractivity contribution in [2.45, 2.75) is 31.3 Å². The van der Waals surface area contributed by atoms with Gasteiger partial charge in [-0.05, 0) is 50.0 Å². The number of carbonyl (C=O) groups excluding carboxylic acids is 1. The molecule has 0 saturated carbocycles. The van der Waals surface area contributed by atoms with Crippen LogP contribution in [0.15, 0.2) is 24.3 Å². The molecular weight excluding hydrogens is 268 g/mol. The molecule has 1 aromatic rings. The van der Waals surface area contributed by atoms with Gasteiger partial charge in [0.25, 0.3) is 0 Å². The number of amides is 1. The topological polar surface area (TPSA) is 50.8 Å². The van der Waals surface area contributed by atoms with E-state index in [1.54, 1.807) is 7.11 Å². The third-order valence-electron chi connectivity index (χ3n) is 4.49. The van der Waals surface area contributed by atoms with Crippen LogP contribution in [0.4, 0.5) is 4.79 Å². The van der Waals surface area contributed by atoms with Crippen LogP contribution >= 0.6 is 0 Å². The molecule has 2 saturated heterocycles. The van der Waals surface area contributed by atoms with Crippen molar-refractivity contribution in [1.29, 1.82) is 0 Å². The molecule has 5 nitrogen and oxygen atoms in total. The van der Waals surface area contributed by atoms with Crippen molar-refractivity contribution in [3.8, 4) is 5.75 Å². The fraction of sp³-hybridized carbons (Fsp3) is 0.562. The minimum absolute atomic E-state index is 0.149. The van der Waals surface area contributed by atoms with E-state index >= 15 is 0 Å². The Hall–Kier alpha value is -1.75. The van der Waals surface area contributed by atoms with Gasteiger partial charge >= 0.3 is 6.09 Å². The molecule has 0 bridgehead atoms. The first-order valence-electron chi connectivity index (χ1n) is 7.52. The molecule has 1 spiro atoms. The molecule has 2 aliphatic heterocycles. The molecular formula is C16H22N2O3. The average molecular weight is 290 g/mol. The molecule has 0 radical (unpaired) electrons. The highest BCUT2D eigenvalue weighted by atomic mass is 16.6. The van der Waals surface area contributed by atoms with E-state index in [9.17, 15) is 4.79 Å². The summed E-state index contributed by atoms with van der Waals surface area (Å²) in [4.78, 5) is 14.1. The third-order valence-corrected chi connectivity index (χ3v) is 4.49. The van der Waals surface area contributed by atoms with Gasteiger partial charge in [0.15, 0.2) is 0 Å². The number of hydrogen-bond acceptors (Lipinski definition) is 4. The number of rotatable bonds is 3. The SMILES string of the molecule is COc1cccc(CN2C(=O)OCC23CCCNCC3)c1. The zero-order valence-corrected chi connectivity index (χ0v) is 12.4.